The molecule has 1 aliphatic heterocycles. The predicted molar refractivity (Wildman–Crippen MR) is 87.3 cm³/mol. The molecule has 0 bridgehead atoms. The summed E-state index contributed by atoms with van der Waals surface area (Å²) < 4.78 is 0. The van der Waals surface area contributed by atoms with E-state index < -0.39 is 0 Å². The number of carbonyl (C=O) groups is 1. The Morgan fingerprint density at radius 1 is 1.43 bits per heavy atom. The fourth-order valence-electron chi connectivity index (χ4n) is 2.75. The number of rotatable bonds is 5. The number of nitrogen functional groups attached to an aromatic ring is 1. The highest BCUT2D eigenvalue weighted by Gasteiger charge is 2.22. The number of anilines is 2. The first-order chi connectivity index (χ1) is 10.1. The van der Waals surface area contributed by atoms with Crippen molar-refractivity contribution in [2.24, 2.45) is 0 Å². The van der Waals surface area contributed by atoms with Gasteiger partial charge in [0.25, 0.3) is 0 Å². The molecule has 0 spiro atoms. The molecule has 1 heterocycles. The van der Waals surface area contributed by atoms with E-state index in [2.05, 4.69) is 29.1 Å². The number of benzene rings is 1. The number of piperazine rings is 1. The first kappa shape index (κ1) is 15.8. The van der Waals surface area contributed by atoms with E-state index in [1.54, 1.807) is 6.07 Å². The predicted octanol–water partition coefficient (Wildman–Crippen LogP) is 1.62. The van der Waals surface area contributed by atoms with Crippen molar-refractivity contribution in [3.8, 4) is 0 Å². The van der Waals surface area contributed by atoms with Gasteiger partial charge in [0.1, 0.15) is 0 Å². The summed E-state index contributed by atoms with van der Waals surface area (Å²) in [6.07, 6.45) is 1.68. The van der Waals surface area contributed by atoms with E-state index in [1.165, 1.54) is 0 Å². The second-order valence-electron chi connectivity index (χ2n) is 5.77. The number of carbonyl (C=O) groups excluding carboxylic acids is 1. The summed E-state index contributed by atoms with van der Waals surface area (Å²) in [6, 6.07) is 7.90. The van der Waals surface area contributed by atoms with E-state index in [0.717, 1.165) is 38.3 Å². The van der Waals surface area contributed by atoms with Crippen LogP contribution >= 0.6 is 0 Å². The Labute approximate surface area is 127 Å². The van der Waals surface area contributed by atoms with Gasteiger partial charge in [-0.1, -0.05) is 13.0 Å². The Bertz CT molecular complexity index is 477. The molecule has 5 nitrogen and oxygen atoms in total. The topological polar surface area (TPSA) is 61.6 Å². The molecule has 1 aliphatic rings. The van der Waals surface area contributed by atoms with Crippen LogP contribution in [0.3, 0.4) is 0 Å². The van der Waals surface area contributed by atoms with Crippen LogP contribution in [0.1, 0.15) is 19.8 Å². The van der Waals surface area contributed by atoms with Gasteiger partial charge in [-0.05, 0) is 31.7 Å². The van der Waals surface area contributed by atoms with Crippen LogP contribution in [-0.2, 0) is 4.79 Å². The van der Waals surface area contributed by atoms with Gasteiger partial charge < -0.3 is 16.0 Å². The minimum Gasteiger partial charge on any atom is -0.399 e. The lowest BCUT2D eigenvalue weighted by Crippen LogP contribution is -2.51. The smallest absolute Gasteiger partial charge is 0.225 e. The second kappa shape index (κ2) is 7.43. The van der Waals surface area contributed by atoms with Crippen LogP contribution in [0.4, 0.5) is 11.4 Å². The second-order valence-corrected chi connectivity index (χ2v) is 5.77. The van der Waals surface area contributed by atoms with Crippen LogP contribution in [0.5, 0.6) is 0 Å². The minimum atomic E-state index is 0.0487. The molecule has 116 valence electrons. The van der Waals surface area contributed by atoms with Crippen molar-refractivity contribution >= 4 is 17.3 Å². The van der Waals surface area contributed by atoms with Crippen LogP contribution in [0.15, 0.2) is 24.3 Å². The van der Waals surface area contributed by atoms with Crippen molar-refractivity contribution < 1.29 is 4.79 Å². The van der Waals surface area contributed by atoms with E-state index in [-0.39, 0.29) is 5.91 Å². The van der Waals surface area contributed by atoms with Crippen LogP contribution < -0.4 is 11.1 Å². The molecule has 21 heavy (non-hydrogen) atoms. The first-order valence-electron chi connectivity index (χ1n) is 7.66. The van der Waals surface area contributed by atoms with Gasteiger partial charge in [0, 0.05) is 50.0 Å². The van der Waals surface area contributed by atoms with Gasteiger partial charge in [-0.2, -0.15) is 0 Å². The largest absolute Gasteiger partial charge is 0.399 e. The van der Waals surface area contributed by atoms with Crippen LogP contribution in [0.25, 0.3) is 0 Å². The normalized spacial score (nSPS) is 20.4. The molecule has 1 saturated heterocycles. The Hall–Kier alpha value is -1.59. The average Bonchev–Trinajstić information content (AvgIpc) is 2.46. The molecular weight excluding hydrogens is 264 g/mol. The highest BCUT2D eigenvalue weighted by Crippen LogP contribution is 2.13. The molecular formula is C16H26N4O. The van der Waals surface area contributed by atoms with Crippen molar-refractivity contribution in [1.29, 1.82) is 0 Å². The van der Waals surface area contributed by atoms with Crippen molar-refractivity contribution in [1.82, 2.24) is 9.80 Å². The quantitative estimate of drug-likeness (QED) is 0.809. The Kier molecular flexibility index (Phi) is 5.59. The summed E-state index contributed by atoms with van der Waals surface area (Å²) in [5, 5.41) is 2.90. The van der Waals surface area contributed by atoms with Crippen molar-refractivity contribution in [2.75, 3.05) is 44.3 Å². The summed E-state index contributed by atoms with van der Waals surface area (Å²) in [5.41, 5.74) is 7.14. The third-order valence-corrected chi connectivity index (χ3v) is 4.16. The van der Waals surface area contributed by atoms with Crippen molar-refractivity contribution in [3.63, 3.8) is 0 Å². The molecule has 1 atom stereocenters. The molecule has 5 heteroatoms. The van der Waals surface area contributed by atoms with Crippen molar-refractivity contribution in [2.45, 2.75) is 25.8 Å². The molecule has 0 aliphatic carbocycles. The van der Waals surface area contributed by atoms with Gasteiger partial charge in [0.2, 0.25) is 5.91 Å². The molecule has 0 aromatic heterocycles. The Morgan fingerprint density at radius 3 is 2.95 bits per heavy atom. The lowest BCUT2D eigenvalue weighted by Gasteiger charge is -2.39. The van der Waals surface area contributed by atoms with E-state index >= 15 is 0 Å². The van der Waals surface area contributed by atoms with E-state index in [0.29, 0.717) is 18.2 Å². The number of nitrogens with one attached hydrogen (secondary N) is 1. The van der Waals surface area contributed by atoms with Gasteiger partial charge in [0.15, 0.2) is 0 Å². The highest BCUT2D eigenvalue weighted by molar-refractivity contribution is 5.91. The molecule has 1 fully saturated rings. The maximum atomic E-state index is 12.0. The molecule has 3 N–H and O–H groups in total. The number of likely N-dealkylation sites (N-methyl/N-ethyl adjacent to an activating group) is 1. The average molecular weight is 290 g/mol. The van der Waals surface area contributed by atoms with Crippen LogP contribution in [0, 0.1) is 0 Å². The number of nitrogens with zero attached hydrogens (tertiary/aromatic N) is 2. The Morgan fingerprint density at radius 2 is 2.24 bits per heavy atom. The SMILES string of the molecule is CCC1CN(CCC(=O)Nc2cccc(N)c2)CCN1C. The zero-order valence-electron chi connectivity index (χ0n) is 13.0. The number of nitrogens with two attached hydrogens (primary N) is 1. The summed E-state index contributed by atoms with van der Waals surface area (Å²) in [6.45, 7) is 6.21. The molecule has 1 amide bonds. The lowest BCUT2D eigenvalue weighted by molar-refractivity contribution is -0.116. The molecule has 0 saturated carbocycles. The fraction of sp³-hybridized carbons (Fsp3) is 0.562. The summed E-state index contributed by atoms with van der Waals surface area (Å²) >= 11 is 0. The monoisotopic (exact) mass is 290 g/mol. The summed E-state index contributed by atoms with van der Waals surface area (Å²) in [4.78, 5) is 16.8. The maximum absolute atomic E-state index is 12.0. The highest BCUT2D eigenvalue weighted by atomic mass is 16.1. The molecule has 0 radical (unpaired) electrons. The minimum absolute atomic E-state index is 0.0487. The maximum Gasteiger partial charge on any atom is 0.225 e. The van der Waals surface area contributed by atoms with E-state index in [1.807, 2.05) is 18.2 Å². The lowest BCUT2D eigenvalue weighted by atomic mass is 10.1. The number of amides is 1. The number of hydrogen-bond acceptors (Lipinski definition) is 4. The summed E-state index contributed by atoms with van der Waals surface area (Å²) in [5.74, 6) is 0.0487. The standard InChI is InChI=1S/C16H26N4O/c1-3-15-12-20(10-9-19(15)2)8-7-16(21)18-14-6-4-5-13(17)11-14/h4-6,11,15H,3,7-10,12,17H2,1-2H3,(H,18,21). The van der Waals surface area contributed by atoms with E-state index in [9.17, 15) is 4.79 Å². The third-order valence-electron chi connectivity index (χ3n) is 4.16. The zero-order chi connectivity index (χ0) is 15.2. The molecule has 1 unspecified atom stereocenters. The van der Waals surface area contributed by atoms with Gasteiger partial charge in [-0.3, -0.25) is 9.69 Å². The Balaban J connectivity index is 1.76. The van der Waals surface area contributed by atoms with Crippen molar-refractivity contribution in [3.05, 3.63) is 24.3 Å². The van der Waals surface area contributed by atoms with Gasteiger partial charge in [0.05, 0.1) is 0 Å². The molecule has 1 aromatic carbocycles. The third kappa shape index (κ3) is 4.72. The fourth-order valence-corrected chi connectivity index (χ4v) is 2.75. The number of hydrogen-bond donors (Lipinski definition) is 2. The van der Waals surface area contributed by atoms with E-state index in [4.69, 9.17) is 5.73 Å². The van der Waals surface area contributed by atoms with Crippen LogP contribution in [-0.4, -0.2) is 55.0 Å². The van der Waals surface area contributed by atoms with Gasteiger partial charge in [-0.15, -0.1) is 0 Å². The van der Waals surface area contributed by atoms with Gasteiger partial charge >= 0.3 is 0 Å². The van der Waals surface area contributed by atoms with Gasteiger partial charge in [-0.25, -0.2) is 0 Å². The molecule has 1 aromatic rings. The zero-order valence-corrected chi connectivity index (χ0v) is 13.0. The van der Waals surface area contributed by atoms with Crippen LogP contribution in [0.2, 0.25) is 0 Å². The summed E-state index contributed by atoms with van der Waals surface area (Å²) in [7, 11) is 2.18. The molecule has 2 rings (SSSR count). The first-order valence-corrected chi connectivity index (χ1v) is 7.66.